The second kappa shape index (κ2) is 7.24. The summed E-state index contributed by atoms with van der Waals surface area (Å²) in [5, 5.41) is 12.8. The van der Waals surface area contributed by atoms with Crippen LogP contribution in [0.5, 0.6) is 0 Å². The normalized spacial score (nSPS) is 14.1. The molecule has 1 aromatic heterocycles. The Labute approximate surface area is 112 Å². The summed E-state index contributed by atoms with van der Waals surface area (Å²) in [6.07, 6.45) is 5.38. The minimum absolute atomic E-state index is 0.0495. The van der Waals surface area contributed by atoms with Crippen LogP contribution in [0, 0.1) is 6.92 Å². The van der Waals surface area contributed by atoms with Crippen LogP contribution < -0.4 is 0 Å². The van der Waals surface area contributed by atoms with Gasteiger partial charge >= 0.3 is 0 Å². The molecule has 0 spiro atoms. The van der Waals surface area contributed by atoms with Crippen LogP contribution in [0.3, 0.4) is 0 Å². The lowest BCUT2D eigenvalue weighted by atomic mass is 10.0. The Morgan fingerprint density at radius 3 is 2.89 bits per heavy atom. The zero-order valence-corrected chi connectivity index (χ0v) is 11.8. The maximum absolute atomic E-state index is 11.5. The second-order valence-electron chi connectivity index (χ2n) is 4.18. The van der Waals surface area contributed by atoms with Crippen LogP contribution in [0.15, 0.2) is 23.1 Å². The topological polar surface area (TPSA) is 50.2 Å². The average Bonchev–Trinajstić information content (AvgIpc) is 2.72. The van der Waals surface area contributed by atoms with Crippen molar-refractivity contribution in [3.63, 3.8) is 0 Å². The molecule has 1 rings (SSSR count). The van der Waals surface area contributed by atoms with Crippen LogP contribution in [0.2, 0.25) is 0 Å². The van der Waals surface area contributed by atoms with Crippen molar-refractivity contribution >= 4 is 23.2 Å². The molecule has 0 amide bonds. The van der Waals surface area contributed by atoms with Gasteiger partial charge < -0.3 is 5.11 Å². The van der Waals surface area contributed by atoms with Gasteiger partial charge in [-0.25, -0.2) is 4.98 Å². The van der Waals surface area contributed by atoms with Crippen LogP contribution in [-0.4, -0.2) is 22.0 Å². The summed E-state index contributed by atoms with van der Waals surface area (Å²) in [6, 6.07) is 0. The number of carbonyl (C=O) groups excluding carboxylic acids is 1. The molecule has 0 bridgehead atoms. The molecule has 0 radical (unpaired) electrons. The van der Waals surface area contributed by atoms with Crippen LogP contribution in [0.4, 0.5) is 0 Å². The highest BCUT2D eigenvalue weighted by Crippen LogP contribution is 2.15. The largest absolute Gasteiger partial charge is 0.388 e. The van der Waals surface area contributed by atoms with Gasteiger partial charge in [0.1, 0.15) is 0 Å². The van der Waals surface area contributed by atoms with Crippen molar-refractivity contribution in [2.45, 2.75) is 39.7 Å². The van der Waals surface area contributed by atoms with E-state index in [0.29, 0.717) is 0 Å². The van der Waals surface area contributed by atoms with E-state index in [1.165, 1.54) is 6.08 Å². The SMILES string of the molecule is CC/C=C/C(=O)C[C@@H](O)/C(C)=C/c1csc(C)n1. The molecular weight excluding hydrogens is 246 g/mol. The Kier molecular flexibility index (Phi) is 5.95. The zero-order chi connectivity index (χ0) is 13.5. The molecule has 0 aromatic carbocycles. The third kappa shape index (κ3) is 4.94. The Balaban J connectivity index is 2.61. The maximum Gasteiger partial charge on any atom is 0.158 e. The minimum atomic E-state index is -0.735. The van der Waals surface area contributed by atoms with Gasteiger partial charge in [0.05, 0.1) is 16.8 Å². The molecule has 1 N–H and O–H groups in total. The number of rotatable bonds is 6. The molecular formula is C14H19NO2S. The number of thiazole rings is 1. The smallest absolute Gasteiger partial charge is 0.158 e. The molecule has 0 aliphatic heterocycles. The molecule has 0 saturated heterocycles. The maximum atomic E-state index is 11.5. The highest BCUT2D eigenvalue weighted by atomic mass is 32.1. The average molecular weight is 265 g/mol. The van der Waals surface area contributed by atoms with E-state index in [1.54, 1.807) is 17.4 Å². The van der Waals surface area contributed by atoms with Gasteiger partial charge in [-0.05, 0) is 38.0 Å². The van der Waals surface area contributed by atoms with Crippen LogP contribution in [0.25, 0.3) is 6.08 Å². The summed E-state index contributed by atoms with van der Waals surface area (Å²) in [5.74, 6) is -0.0495. The molecule has 0 fully saturated rings. The Bertz CT molecular complexity index is 460. The first-order valence-corrected chi connectivity index (χ1v) is 6.88. The molecule has 0 aliphatic carbocycles. The Morgan fingerprint density at radius 1 is 1.61 bits per heavy atom. The van der Waals surface area contributed by atoms with Crippen molar-refractivity contribution in [1.82, 2.24) is 4.98 Å². The fourth-order valence-electron chi connectivity index (χ4n) is 1.44. The van der Waals surface area contributed by atoms with Crippen LogP contribution in [-0.2, 0) is 4.79 Å². The monoisotopic (exact) mass is 265 g/mol. The zero-order valence-electron chi connectivity index (χ0n) is 11.0. The van der Waals surface area contributed by atoms with E-state index in [1.807, 2.05) is 32.2 Å². The van der Waals surface area contributed by atoms with Crippen molar-refractivity contribution in [1.29, 1.82) is 0 Å². The lowest BCUT2D eigenvalue weighted by Crippen LogP contribution is -2.13. The number of aliphatic hydroxyl groups excluding tert-OH is 1. The van der Waals surface area contributed by atoms with E-state index in [-0.39, 0.29) is 12.2 Å². The van der Waals surface area contributed by atoms with Crippen molar-refractivity contribution in [3.05, 3.63) is 33.8 Å². The number of allylic oxidation sites excluding steroid dienone is 2. The van der Waals surface area contributed by atoms with E-state index in [9.17, 15) is 9.90 Å². The van der Waals surface area contributed by atoms with Gasteiger partial charge in [0.15, 0.2) is 5.78 Å². The highest BCUT2D eigenvalue weighted by molar-refractivity contribution is 7.09. The number of aliphatic hydroxyl groups is 1. The van der Waals surface area contributed by atoms with Gasteiger partial charge in [0.2, 0.25) is 0 Å². The summed E-state index contributed by atoms with van der Waals surface area (Å²) < 4.78 is 0. The number of aromatic nitrogens is 1. The van der Waals surface area contributed by atoms with Crippen molar-refractivity contribution in [2.24, 2.45) is 0 Å². The van der Waals surface area contributed by atoms with E-state index >= 15 is 0 Å². The van der Waals surface area contributed by atoms with Gasteiger partial charge in [-0.1, -0.05) is 13.0 Å². The molecule has 0 aliphatic rings. The molecule has 1 aromatic rings. The first kappa shape index (κ1) is 14.8. The molecule has 1 heterocycles. The molecule has 18 heavy (non-hydrogen) atoms. The predicted octanol–water partition coefficient (Wildman–Crippen LogP) is 3.14. The number of carbonyl (C=O) groups is 1. The number of hydrogen-bond acceptors (Lipinski definition) is 4. The Morgan fingerprint density at radius 2 is 2.33 bits per heavy atom. The van der Waals surface area contributed by atoms with Gasteiger partial charge in [0, 0.05) is 11.8 Å². The first-order chi connectivity index (χ1) is 8.52. The van der Waals surface area contributed by atoms with Crippen molar-refractivity contribution in [3.8, 4) is 0 Å². The van der Waals surface area contributed by atoms with Crippen molar-refractivity contribution < 1.29 is 9.90 Å². The highest BCUT2D eigenvalue weighted by Gasteiger charge is 2.11. The third-order valence-electron chi connectivity index (χ3n) is 2.47. The number of hydrogen-bond donors (Lipinski definition) is 1. The lowest BCUT2D eigenvalue weighted by molar-refractivity contribution is -0.116. The summed E-state index contributed by atoms with van der Waals surface area (Å²) in [7, 11) is 0. The fraction of sp³-hybridized carbons (Fsp3) is 0.429. The van der Waals surface area contributed by atoms with Crippen LogP contribution >= 0.6 is 11.3 Å². The molecule has 0 unspecified atom stereocenters. The molecule has 4 heteroatoms. The summed E-state index contributed by atoms with van der Waals surface area (Å²) in [4.78, 5) is 15.8. The summed E-state index contributed by atoms with van der Waals surface area (Å²) in [6.45, 7) is 5.72. The van der Waals surface area contributed by atoms with Gasteiger partial charge in [-0.2, -0.15) is 0 Å². The Hall–Kier alpha value is -1.26. The van der Waals surface area contributed by atoms with E-state index in [0.717, 1.165) is 22.7 Å². The molecule has 3 nitrogen and oxygen atoms in total. The van der Waals surface area contributed by atoms with E-state index < -0.39 is 6.10 Å². The molecule has 98 valence electrons. The minimum Gasteiger partial charge on any atom is -0.388 e. The third-order valence-corrected chi connectivity index (χ3v) is 3.26. The van der Waals surface area contributed by atoms with E-state index in [4.69, 9.17) is 0 Å². The number of nitrogens with zero attached hydrogens (tertiary/aromatic N) is 1. The molecule has 1 atom stereocenters. The van der Waals surface area contributed by atoms with Gasteiger partial charge in [-0.15, -0.1) is 11.3 Å². The molecule has 0 saturated carbocycles. The van der Waals surface area contributed by atoms with Gasteiger partial charge in [0.25, 0.3) is 0 Å². The van der Waals surface area contributed by atoms with Crippen LogP contribution in [0.1, 0.15) is 37.4 Å². The predicted molar refractivity (Wildman–Crippen MR) is 75.6 cm³/mol. The first-order valence-electron chi connectivity index (χ1n) is 6.00. The number of aryl methyl sites for hydroxylation is 1. The summed E-state index contributed by atoms with van der Waals surface area (Å²) in [5.41, 5.74) is 1.60. The van der Waals surface area contributed by atoms with Crippen molar-refractivity contribution in [2.75, 3.05) is 0 Å². The summed E-state index contributed by atoms with van der Waals surface area (Å²) >= 11 is 1.57. The van der Waals surface area contributed by atoms with Gasteiger partial charge in [-0.3, -0.25) is 4.79 Å². The standard InChI is InChI=1S/C14H19NO2S/c1-4-5-6-13(16)8-14(17)10(2)7-12-9-18-11(3)15-12/h5-7,9,14,17H,4,8H2,1-3H3/b6-5+,10-7+/t14-/m1/s1. The quantitative estimate of drug-likeness (QED) is 0.804. The van der Waals surface area contributed by atoms with E-state index in [2.05, 4.69) is 4.98 Å². The fourth-order valence-corrected chi connectivity index (χ4v) is 2.01. The second-order valence-corrected chi connectivity index (χ2v) is 5.24. The number of ketones is 1. The lowest BCUT2D eigenvalue weighted by Gasteiger charge is -2.08.